The number of ether oxygens (including phenoxy) is 1. The van der Waals surface area contributed by atoms with Gasteiger partial charge in [-0.25, -0.2) is 4.79 Å². The van der Waals surface area contributed by atoms with E-state index in [0.29, 0.717) is 11.7 Å². The number of amides is 1. The van der Waals surface area contributed by atoms with Gasteiger partial charge < -0.3 is 4.74 Å². The van der Waals surface area contributed by atoms with Gasteiger partial charge in [0.25, 0.3) is 0 Å². The summed E-state index contributed by atoms with van der Waals surface area (Å²) in [5.74, 6) is 0. The Kier molecular flexibility index (Phi) is 6.95. The van der Waals surface area contributed by atoms with Crippen LogP contribution in [-0.4, -0.2) is 26.8 Å². The molecule has 29 heavy (non-hydrogen) atoms. The normalized spacial score (nSPS) is 11.4. The Labute approximate surface area is 175 Å². The second-order valence-electron chi connectivity index (χ2n) is 7.74. The van der Waals surface area contributed by atoms with Crippen LogP contribution in [0.3, 0.4) is 0 Å². The summed E-state index contributed by atoms with van der Waals surface area (Å²) >= 11 is 1.36. The van der Waals surface area contributed by atoms with Gasteiger partial charge in [0.15, 0.2) is 0 Å². The van der Waals surface area contributed by atoms with Crippen LogP contribution in [-0.2, 0) is 24.4 Å². The summed E-state index contributed by atoms with van der Waals surface area (Å²) in [6.45, 7) is 7.70. The maximum Gasteiger partial charge on any atom is 0.414 e. The molecule has 0 aliphatic rings. The summed E-state index contributed by atoms with van der Waals surface area (Å²) in [6.07, 6.45) is -0.523. The first kappa shape index (κ1) is 21.0. The van der Waals surface area contributed by atoms with E-state index >= 15 is 0 Å². The lowest BCUT2D eigenvalue weighted by Crippen LogP contribution is -2.27. The van der Waals surface area contributed by atoms with E-state index in [4.69, 9.17) is 4.74 Å². The molecule has 3 aromatic rings. The average molecular weight is 411 g/mol. The topological polar surface area (TPSA) is 67.3 Å². The Bertz CT molecular complexity index is 866. The third-order valence-corrected chi connectivity index (χ3v) is 4.76. The van der Waals surface area contributed by atoms with E-state index in [2.05, 4.69) is 44.7 Å². The van der Waals surface area contributed by atoms with E-state index in [-0.39, 0.29) is 0 Å². The summed E-state index contributed by atoms with van der Waals surface area (Å²) in [5.41, 5.74) is 1.92. The molecule has 0 atom stereocenters. The minimum atomic E-state index is -0.556. The standard InChI is InChI=1S/C22H26N4O2S/c1-22(2,3)28-21(27)23-20-25-24-19(29-20)16-26(14-17-10-6-4-7-11-17)15-18-12-8-5-9-13-18/h4-13H,14-16H2,1-3H3,(H,23,25,27). The monoisotopic (exact) mass is 410 g/mol. The van der Waals surface area contributed by atoms with E-state index in [1.54, 1.807) is 0 Å². The molecule has 3 rings (SSSR count). The highest BCUT2D eigenvalue weighted by Gasteiger charge is 2.18. The summed E-state index contributed by atoms with van der Waals surface area (Å²) in [7, 11) is 0. The summed E-state index contributed by atoms with van der Waals surface area (Å²) < 4.78 is 5.27. The largest absolute Gasteiger partial charge is 0.444 e. The number of hydrogen-bond donors (Lipinski definition) is 1. The molecule has 7 heteroatoms. The lowest BCUT2D eigenvalue weighted by Gasteiger charge is -2.21. The molecular formula is C22H26N4O2S. The number of hydrogen-bond acceptors (Lipinski definition) is 6. The predicted octanol–water partition coefficient (Wildman–Crippen LogP) is 5.09. The number of carbonyl (C=O) groups is 1. The molecule has 0 radical (unpaired) electrons. The van der Waals surface area contributed by atoms with Crippen LogP contribution in [0.5, 0.6) is 0 Å². The molecule has 1 heterocycles. The molecule has 0 bridgehead atoms. The van der Waals surface area contributed by atoms with E-state index in [1.165, 1.54) is 22.5 Å². The minimum Gasteiger partial charge on any atom is -0.444 e. The molecular weight excluding hydrogens is 384 g/mol. The highest BCUT2D eigenvalue weighted by molar-refractivity contribution is 7.15. The number of benzene rings is 2. The van der Waals surface area contributed by atoms with Crippen molar-refractivity contribution in [2.75, 3.05) is 5.32 Å². The molecule has 2 aromatic carbocycles. The lowest BCUT2D eigenvalue weighted by atomic mass is 10.1. The van der Waals surface area contributed by atoms with Crippen molar-refractivity contribution in [3.63, 3.8) is 0 Å². The molecule has 0 saturated heterocycles. The van der Waals surface area contributed by atoms with Gasteiger partial charge in [0.05, 0.1) is 6.54 Å². The number of anilines is 1. The molecule has 0 spiro atoms. The predicted molar refractivity (Wildman–Crippen MR) is 116 cm³/mol. The highest BCUT2D eigenvalue weighted by Crippen LogP contribution is 2.20. The third-order valence-electron chi connectivity index (χ3n) is 3.93. The van der Waals surface area contributed by atoms with Crippen molar-refractivity contribution in [1.82, 2.24) is 15.1 Å². The van der Waals surface area contributed by atoms with Crippen LogP contribution in [0, 0.1) is 0 Å². The van der Waals surface area contributed by atoms with Crippen LogP contribution in [0.2, 0.25) is 0 Å². The van der Waals surface area contributed by atoms with Crippen LogP contribution in [0.4, 0.5) is 9.93 Å². The second kappa shape index (κ2) is 9.62. The van der Waals surface area contributed by atoms with Gasteiger partial charge >= 0.3 is 6.09 Å². The van der Waals surface area contributed by atoms with Crippen molar-refractivity contribution in [3.8, 4) is 0 Å². The summed E-state index contributed by atoms with van der Waals surface area (Å²) in [6, 6.07) is 20.7. The zero-order valence-electron chi connectivity index (χ0n) is 17.0. The number of aromatic nitrogens is 2. The Balaban J connectivity index is 1.67. The van der Waals surface area contributed by atoms with Crippen LogP contribution in [0.1, 0.15) is 36.9 Å². The van der Waals surface area contributed by atoms with E-state index in [9.17, 15) is 4.79 Å². The minimum absolute atomic E-state index is 0.439. The zero-order valence-corrected chi connectivity index (χ0v) is 17.8. The number of nitrogens with zero attached hydrogens (tertiary/aromatic N) is 3. The van der Waals surface area contributed by atoms with Gasteiger partial charge in [-0.3, -0.25) is 10.2 Å². The van der Waals surface area contributed by atoms with Crippen LogP contribution < -0.4 is 5.32 Å². The molecule has 0 fully saturated rings. The Hall–Kier alpha value is -2.77. The molecule has 1 amide bonds. The Morgan fingerprint density at radius 1 is 0.931 bits per heavy atom. The Morgan fingerprint density at radius 2 is 1.48 bits per heavy atom. The van der Waals surface area contributed by atoms with Crippen LogP contribution >= 0.6 is 11.3 Å². The first-order chi connectivity index (χ1) is 13.9. The fourth-order valence-corrected chi connectivity index (χ4v) is 3.57. The summed E-state index contributed by atoms with van der Waals surface area (Å²) in [5, 5.41) is 12.3. The van der Waals surface area contributed by atoms with Crippen molar-refractivity contribution < 1.29 is 9.53 Å². The maximum atomic E-state index is 11.9. The summed E-state index contributed by atoms with van der Waals surface area (Å²) in [4.78, 5) is 14.2. The molecule has 0 aliphatic carbocycles. The SMILES string of the molecule is CC(C)(C)OC(=O)Nc1nnc(CN(Cc2ccccc2)Cc2ccccc2)s1. The van der Waals surface area contributed by atoms with Crippen molar-refractivity contribution in [1.29, 1.82) is 0 Å². The number of nitrogens with one attached hydrogen (secondary N) is 1. The highest BCUT2D eigenvalue weighted by atomic mass is 32.1. The van der Waals surface area contributed by atoms with Gasteiger partial charge in [0.1, 0.15) is 10.6 Å². The van der Waals surface area contributed by atoms with Crippen molar-refractivity contribution in [2.45, 2.75) is 46.0 Å². The molecule has 0 unspecified atom stereocenters. The average Bonchev–Trinajstić information content (AvgIpc) is 3.08. The fourth-order valence-electron chi connectivity index (χ4n) is 2.80. The van der Waals surface area contributed by atoms with Crippen LogP contribution in [0.15, 0.2) is 60.7 Å². The molecule has 0 saturated carbocycles. The smallest absolute Gasteiger partial charge is 0.414 e. The first-order valence-corrected chi connectivity index (χ1v) is 10.3. The van der Waals surface area contributed by atoms with Gasteiger partial charge in [0, 0.05) is 13.1 Å². The molecule has 0 aliphatic heterocycles. The number of rotatable bonds is 7. The molecule has 152 valence electrons. The van der Waals surface area contributed by atoms with E-state index in [1.807, 2.05) is 57.2 Å². The third kappa shape index (κ3) is 7.29. The van der Waals surface area contributed by atoms with Gasteiger partial charge in [-0.1, -0.05) is 72.0 Å². The van der Waals surface area contributed by atoms with E-state index in [0.717, 1.165) is 18.1 Å². The van der Waals surface area contributed by atoms with Crippen molar-refractivity contribution in [3.05, 3.63) is 76.8 Å². The fraction of sp³-hybridized carbons (Fsp3) is 0.318. The van der Waals surface area contributed by atoms with Crippen molar-refractivity contribution in [2.24, 2.45) is 0 Å². The molecule has 6 nitrogen and oxygen atoms in total. The maximum absolute atomic E-state index is 11.9. The Morgan fingerprint density at radius 3 is 2.00 bits per heavy atom. The second-order valence-corrected chi connectivity index (χ2v) is 8.81. The van der Waals surface area contributed by atoms with E-state index < -0.39 is 11.7 Å². The van der Waals surface area contributed by atoms with Gasteiger partial charge in [-0.15, -0.1) is 10.2 Å². The van der Waals surface area contributed by atoms with Gasteiger partial charge in [-0.05, 0) is 31.9 Å². The van der Waals surface area contributed by atoms with Gasteiger partial charge in [0.2, 0.25) is 5.13 Å². The van der Waals surface area contributed by atoms with Crippen LogP contribution in [0.25, 0.3) is 0 Å². The lowest BCUT2D eigenvalue weighted by molar-refractivity contribution is 0.0636. The quantitative estimate of drug-likeness (QED) is 0.588. The first-order valence-electron chi connectivity index (χ1n) is 9.50. The molecule has 1 N–H and O–H groups in total. The van der Waals surface area contributed by atoms with Gasteiger partial charge in [-0.2, -0.15) is 0 Å². The zero-order chi connectivity index (χ0) is 20.7. The number of carbonyl (C=O) groups excluding carboxylic acids is 1. The van der Waals surface area contributed by atoms with Crippen molar-refractivity contribution >= 4 is 22.6 Å². The molecule has 1 aromatic heterocycles.